The Morgan fingerprint density at radius 3 is 2.64 bits per heavy atom. The number of nitro benzene ring substituents is 1. The molecule has 0 aromatic heterocycles. The number of halogens is 1. The van der Waals surface area contributed by atoms with Gasteiger partial charge in [-0.05, 0) is 12.0 Å². The number of carbonyl (C=O) groups excluding carboxylic acids is 2. The minimum atomic E-state index is -0.981. The van der Waals surface area contributed by atoms with E-state index in [1.165, 1.54) is 25.3 Å². The number of hydrogen-bond donors (Lipinski definition) is 0. The summed E-state index contributed by atoms with van der Waals surface area (Å²) in [6, 6.07) is 5.64. The highest BCUT2D eigenvalue weighted by atomic mass is 79.9. The van der Waals surface area contributed by atoms with Crippen molar-refractivity contribution >= 4 is 33.6 Å². The van der Waals surface area contributed by atoms with Crippen molar-refractivity contribution in [2.45, 2.75) is 30.8 Å². The molecule has 1 saturated heterocycles. The molecular formula is C16H19BrN2O6. The topological polar surface area (TPSA) is 99.0 Å². The lowest BCUT2D eigenvalue weighted by Gasteiger charge is -2.27. The number of cyclic esters (lactones) is 1. The normalized spacial score (nSPS) is 19.6. The number of methoxy groups -OCH3 is 1. The summed E-state index contributed by atoms with van der Waals surface area (Å²) >= 11 is 3.26. The Morgan fingerprint density at radius 2 is 2.08 bits per heavy atom. The zero-order valence-electron chi connectivity index (χ0n) is 14.0. The lowest BCUT2D eigenvalue weighted by molar-refractivity contribution is -0.386. The second-order valence-electron chi connectivity index (χ2n) is 5.97. The first-order valence-electron chi connectivity index (χ1n) is 7.69. The van der Waals surface area contributed by atoms with Crippen LogP contribution >= 0.6 is 15.9 Å². The van der Waals surface area contributed by atoms with Gasteiger partial charge in [0, 0.05) is 13.2 Å². The number of nitrogens with zero attached hydrogens (tertiary/aromatic N) is 2. The van der Waals surface area contributed by atoms with Gasteiger partial charge in [-0.15, -0.1) is 0 Å². The highest BCUT2D eigenvalue weighted by molar-refractivity contribution is 9.10. The third-order valence-electron chi connectivity index (χ3n) is 4.11. The number of rotatable bonds is 6. The van der Waals surface area contributed by atoms with E-state index in [4.69, 9.17) is 9.47 Å². The largest absolute Gasteiger partial charge is 0.447 e. The van der Waals surface area contributed by atoms with Crippen molar-refractivity contribution in [1.82, 2.24) is 4.90 Å². The number of amides is 2. The summed E-state index contributed by atoms with van der Waals surface area (Å²) in [4.78, 5) is 35.6. The van der Waals surface area contributed by atoms with Gasteiger partial charge in [0.2, 0.25) is 5.91 Å². The van der Waals surface area contributed by atoms with Crippen LogP contribution in [0.4, 0.5) is 10.5 Å². The fraction of sp³-hybridized carbons (Fsp3) is 0.500. The van der Waals surface area contributed by atoms with Crippen LogP contribution in [0.2, 0.25) is 0 Å². The van der Waals surface area contributed by atoms with Crippen molar-refractivity contribution in [2.75, 3.05) is 13.7 Å². The molecular weight excluding hydrogens is 396 g/mol. The van der Waals surface area contributed by atoms with Gasteiger partial charge >= 0.3 is 6.09 Å². The van der Waals surface area contributed by atoms with Crippen molar-refractivity contribution in [1.29, 1.82) is 0 Å². The van der Waals surface area contributed by atoms with Crippen LogP contribution in [-0.2, 0) is 14.3 Å². The molecule has 0 bridgehead atoms. The van der Waals surface area contributed by atoms with E-state index in [1.54, 1.807) is 6.07 Å². The molecule has 0 aliphatic carbocycles. The van der Waals surface area contributed by atoms with Crippen LogP contribution in [0.15, 0.2) is 24.3 Å². The summed E-state index contributed by atoms with van der Waals surface area (Å²) in [7, 11) is 1.35. The van der Waals surface area contributed by atoms with E-state index >= 15 is 0 Å². The predicted molar refractivity (Wildman–Crippen MR) is 92.4 cm³/mol. The standard InChI is InChI=1S/C16H19BrN2O6/c1-9(2)12-8-25-16(21)18(12)15(20)13(17)14(24-3)10-6-4-5-7-11(10)19(22)23/h4-7,9,12-14H,8H2,1-3H3/t12-,13+,14+/m1/s1. The average molecular weight is 415 g/mol. The second kappa shape index (κ2) is 7.92. The minimum absolute atomic E-state index is 0.0159. The third kappa shape index (κ3) is 3.82. The molecule has 3 atom stereocenters. The first-order valence-corrected chi connectivity index (χ1v) is 8.61. The van der Waals surface area contributed by atoms with Gasteiger partial charge in [0.15, 0.2) is 0 Å². The van der Waals surface area contributed by atoms with Gasteiger partial charge < -0.3 is 9.47 Å². The van der Waals surface area contributed by atoms with E-state index in [9.17, 15) is 19.7 Å². The number of alkyl halides is 1. The molecule has 1 heterocycles. The number of benzene rings is 1. The molecule has 8 nitrogen and oxygen atoms in total. The monoisotopic (exact) mass is 414 g/mol. The van der Waals surface area contributed by atoms with Gasteiger partial charge in [-0.1, -0.05) is 41.9 Å². The van der Waals surface area contributed by atoms with Crippen molar-refractivity contribution in [2.24, 2.45) is 5.92 Å². The molecule has 0 saturated carbocycles. The Balaban J connectivity index is 2.34. The van der Waals surface area contributed by atoms with Crippen LogP contribution < -0.4 is 0 Å². The van der Waals surface area contributed by atoms with Crippen molar-refractivity contribution in [3.63, 3.8) is 0 Å². The smallest absolute Gasteiger partial charge is 0.417 e. The van der Waals surface area contributed by atoms with Gasteiger partial charge in [-0.3, -0.25) is 14.9 Å². The zero-order chi connectivity index (χ0) is 18.7. The molecule has 136 valence electrons. The molecule has 0 unspecified atom stereocenters. The summed E-state index contributed by atoms with van der Waals surface area (Å²) < 4.78 is 10.3. The Kier molecular flexibility index (Phi) is 6.12. The minimum Gasteiger partial charge on any atom is -0.447 e. The van der Waals surface area contributed by atoms with E-state index < -0.39 is 27.9 Å². The van der Waals surface area contributed by atoms with Crippen molar-refractivity contribution in [3.8, 4) is 0 Å². The van der Waals surface area contributed by atoms with E-state index in [2.05, 4.69) is 15.9 Å². The number of carbonyl (C=O) groups is 2. The third-order valence-corrected chi connectivity index (χ3v) is 4.98. The molecule has 1 aliphatic heterocycles. The van der Waals surface area contributed by atoms with Crippen LogP contribution in [0.1, 0.15) is 25.5 Å². The summed E-state index contributed by atoms with van der Waals surface area (Å²) in [5, 5.41) is 11.2. The highest BCUT2D eigenvalue weighted by Crippen LogP contribution is 2.34. The average Bonchev–Trinajstić information content (AvgIpc) is 2.96. The Hall–Kier alpha value is -2.00. The molecule has 2 amide bonds. The number of ether oxygens (including phenoxy) is 2. The lowest BCUT2D eigenvalue weighted by Crippen LogP contribution is -2.46. The van der Waals surface area contributed by atoms with Crippen LogP contribution in [-0.4, -0.2) is 46.4 Å². The summed E-state index contributed by atoms with van der Waals surface area (Å²) in [6.45, 7) is 3.89. The summed E-state index contributed by atoms with van der Waals surface area (Å²) in [5.41, 5.74) is 0.0925. The Morgan fingerprint density at radius 1 is 1.44 bits per heavy atom. The maximum atomic E-state index is 12.9. The van der Waals surface area contributed by atoms with E-state index in [1.807, 2.05) is 13.8 Å². The number of nitro groups is 1. The van der Waals surface area contributed by atoms with E-state index in [0.29, 0.717) is 0 Å². The molecule has 25 heavy (non-hydrogen) atoms. The summed E-state index contributed by atoms with van der Waals surface area (Å²) in [6.07, 6.45) is -1.65. The van der Waals surface area contributed by atoms with E-state index in [-0.39, 0.29) is 29.8 Å². The number of hydrogen-bond acceptors (Lipinski definition) is 6. The molecule has 9 heteroatoms. The lowest BCUT2D eigenvalue weighted by atomic mass is 10.0. The molecule has 1 aliphatic rings. The molecule has 0 spiro atoms. The maximum absolute atomic E-state index is 12.9. The fourth-order valence-electron chi connectivity index (χ4n) is 2.74. The first-order chi connectivity index (χ1) is 11.8. The van der Waals surface area contributed by atoms with Crippen LogP contribution in [0.3, 0.4) is 0 Å². The fourth-order valence-corrected chi connectivity index (χ4v) is 3.46. The SMILES string of the molecule is CO[C@@H](c1ccccc1[N+](=O)[O-])[C@H](Br)C(=O)N1C(=O)OC[C@@H]1C(C)C. The van der Waals surface area contributed by atoms with Gasteiger partial charge in [-0.2, -0.15) is 0 Å². The number of para-hydroxylation sites is 1. The maximum Gasteiger partial charge on any atom is 0.417 e. The second-order valence-corrected chi connectivity index (χ2v) is 6.96. The number of imide groups is 1. The molecule has 1 fully saturated rings. The quantitative estimate of drug-likeness (QED) is 0.402. The van der Waals surface area contributed by atoms with Gasteiger partial charge in [0.1, 0.15) is 17.5 Å². The Labute approximate surface area is 153 Å². The molecule has 0 N–H and O–H groups in total. The molecule has 2 rings (SSSR count). The molecule has 0 radical (unpaired) electrons. The van der Waals surface area contributed by atoms with Gasteiger partial charge in [0.05, 0.1) is 16.5 Å². The van der Waals surface area contributed by atoms with Crippen molar-refractivity contribution < 1.29 is 24.0 Å². The first kappa shape index (κ1) is 19.3. The molecule has 1 aromatic rings. The van der Waals surface area contributed by atoms with Crippen LogP contribution in [0.5, 0.6) is 0 Å². The zero-order valence-corrected chi connectivity index (χ0v) is 15.6. The van der Waals surface area contributed by atoms with Gasteiger partial charge in [0.25, 0.3) is 5.69 Å². The predicted octanol–water partition coefficient (Wildman–Crippen LogP) is 3.05. The Bertz CT molecular complexity index is 680. The highest BCUT2D eigenvalue weighted by Gasteiger charge is 2.44. The molecule has 1 aromatic carbocycles. The van der Waals surface area contributed by atoms with Crippen LogP contribution in [0, 0.1) is 16.0 Å². The van der Waals surface area contributed by atoms with Crippen LogP contribution in [0.25, 0.3) is 0 Å². The van der Waals surface area contributed by atoms with Gasteiger partial charge in [-0.25, -0.2) is 9.69 Å². The van der Waals surface area contributed by atoms with Crippen molar-refractivity contribution in [3.05, 3.63) is 39.9 Å². The van der Waals surface area contributed by atoms with E-state index in [0.717, 1.165) is 4.90 Å². The summed E-state index contributed by atoms with van der Waals surface area (Å²) in [5.74, 6) is -0.534.